The van der Waals surface area contributed by atoms with Gasteiger partial charge < -0.3 is 10.1 Å². The van der Waals surface area contributed by atoms with E-state index in [2.05, 4.69) is 10.3 Å². The Balaban J connectivity index is 0.00000324. The summed E-state index contributed by atoms with van der Waals surface area (Å²) in [5.74, 6) is 0.216. The first-order chi connectivity index (χ1) is 15.6. The van der Waals surface area contributed by atoms with Gasteiger partial charge in [-0.2, -0.15) is 13.2 Å². The predicted octanol–water partition coefficient (Wildman–Crippen LogP) is 5.88. The molecule has 2 aromatic carbocycles. The maximum atomic E-state index is 13.3. The first-order valence-electron chi connectivity index (χ1n) is 9.60. The standard InChI is InChI=1S/C22H17ClF3N3O3S.ClH/c1-27-11-14-13-29(33(30,31)17-3-2-8-28-12-17)20-10-16(5-6-18(14)20)32-21-7-4-15(9-19(21)23)22(24,25)26;/h2-10,12-13,27H,11H2,1H3;1H. The van der Waals surface area contributed by atoms with E-state index in [1.54, 1.807) is 19.2 Å². The number of rotatable bonds is 6. The summed E-state index contributed by atoms with van der Waals surface area (Å²) in [6, 6.07) is 10.5. The van der Waals surface area contributed by atoms with Gasteiger partial charge in [-0.05, 0) is 55.1 Å². The molecule has 0 saturated carbocycles. The molecule has 0 aliphatic carbocycles. The van der Waals surface area contributed by atoms with E-state index in [4.69, 9.17) is 16.3 Å². The van der Waals surface area contributed by atoms with Gasteiger partial charge in [0.05, 0.1) is 16.1 Å². The average molecular weight is 532 g/mol. The van der Waals surface area contributed by atoms with Crippen molar-refractivity contribution in [2.75, 3.05) is 7.05 Å². The van der Waals surface area contributed by atoms with Crippen molar-refractivity contribution in [2.24, 2.45) is 0 Å². The Hall–Kier alpha value is -2.79. The lowest BCUT2D eigenvalue weighted by Gasteiger charge is -2.12. The molecule has 0 unspecified atom stereocenters. The number of aromatic nitrogens is 2. The lowest BCUT2D eigenvalue weighted by atomic mass is 10.1. The van der Waals surface area contributed by atoms with Crippen LogP contribution >= 0.6 is 24.0 Å². The number of nitrogens with one attached hydrogen (secondary N) is 1. The molecule has 1 N–H and O–H groups in total. The van der Waals surface area contributed by atoms with E-state index in [1.807, 2.05) is 0 Å². The smallest absolute Gasteiger partial charge is 0.416 e. The van der Waals surface area contributed by atoms with Crippen LogP contribution in [0.3, 0.4) is 0 Å². The number of hydrogen-bond acceptors (Lipinski definition) is 5. The minimum Gasteiger partial charge on any atom is -0.456 e. The highest BCUT2D eigenvalue weighted by atomic mass is 35.5. The number of pyridine rings is 1. The Bertz CT molecular complexity index is 1430. The molecule has 180 valence electrons. The van der Waals surface area contributed by atoms with Crippen LogP contribution in [0, 0.1) is 0 Å². The summed E-state index contributed by atoms with van der Waals surface area (Å²) in [7, 11) is -2.22. The normalized spacial score (nSPS) is 11.9. The Morgan fingerprint density at radius 2 is 1.91 bits per heavy atom. The van der Waals surface area contributed by atoms with Gasteiger partial charge >= 0.3 is 6.18 Å². The molecule has 0 amide bonds. The summed E-state index contributed by atoms with van der Waals surface area (Å²) in [5.41, 5.74) is 0.173. The quantitative estimate of drug-likeness (QED) is 0.336. The Labute approximate surface area is 204 Å². The van der Waals surface area contributed by atoms with Gasteiger partial charge in [-0.3, -0.25) is 4.98 Å². The number of nitrogens with zero attached hydrogens (tertiary/aromatic N) is 2. The van der Waals surface area contributed by atoms with Gasteiger partial charge in [0.25, 0.3) is 10.0 Å². The minimum absolute atomic E-state index is 0. The summed E-state index contributed by atoms with van der Waals surface area (Å²) in [6.45, 7) is 0.414. The number of halogens is 5. The van der Waals surface area contributed by atoms with E-state index in [0.29, 0.717) is 17.4 Å². The fourth-order valence-corrected chi connectivity index (χ4v) is 4.91. The van der Waals surface area contributed by atoms with Crippen molar-refractivity contribution < 1.29 is 26.3 Å². The average Bonchev–Trinajstić information content (AvgIpc) is 3.14. The number of alkyl halides is 3. The lowest BCUT2D eigenvalue weighted by molar-refractivity contribution is -0.137. The first-order valence-corrected chi connectivity index (χ1v) is 11.4. The summed E-state index contributed by atoms with van der Waals surface area (Å²) in [6.07, 6.45) is -0.301. The van der Waals surface area contributed by atoms with Crippen molar-refractivity contribution in [1.29, 1.82) is 0 Å². The minimum atomic E-state index is -4.54. The molecule has 4 rings (SSSR count). The summed E-state index contributed by atoms with van der Waals surface area (Å²) in [5, 5.41) is 3.45. The number of ether oxygens (including phenoxy) is 1. The van der Waals surface area contributed by atoms with E-state index in [1.165, 1.54) is 36.8 Å². The highest BCUT2D eigenvalue weighted by Crippen LogP contribution is 2.37. The zero-order valence-electron chi connectivity index (χ0n) is 17.5. The maximum absolute atomic E-state index is 13.3. The third-order valence-corrected chi connectivity index (χ3v) is 6.82. The fraction of sp³-hybridized carbons (Fsp3) is 0.136. The lowest BCUT2D eigenvalue weighted by Crippen LogP contribution is -2.12. The van der Waals surface area contributed by atoms with E-state index in [9.17, 15) is 21.6 Å². The molecule has 0 spiro atoms. The van der Waals surface area contributed by atoms with E-state index >= 15 is 0 Å². The second-order valence-corrected chi connectivity index (χ2v) is 9.32. The summed E-state index contributed by atoms with van der Waals surface area (Å²) in [4.78, 5) is 3.89. The SMILES string of the molecule is CNCc1cn(S(=O)(=O)c2cccnc2)c2cc(Oc3ccc(C(F)(F)F)cc3Cl)ccc12.Cl. The molecule has 6 nitrogen and oxygen atoms in total. The number of fused-ring (bicyclic) bond motifs is 1. The van der Waals surface area contributed by atoms with Gasteiger partial charge in [-0.15, -0.1) is 12.4 Å². The number of hydrogen-bond donors (Lipinski definition) is 1. The zero-order chi connectivity index (χ0) is 23.8. The van der Waals surface area contributed by atoms with Crippen molar-refractivity contribution in [3.63, 3.8) is 0 Å². The van der Waals surface area contributed by atoms with Crippen LogP contribution in [0.15, 0.2) is 72.0 Å². The zero-order valence-corrected chi connectivity index (χ0v) is 19.9. The predicted molar refractivity (Wildman–Crippen MR) is 125 cm³/mol. The Morgan fingerprint density at radius 3 is 2.53 bits per heavy atom. The summed E-state index contributed by atoms with van der Waals surface area (Å²) < 4.78 is 72.0. The maximum Gasteiger partial charge on any atom is 0.416 e. The van der Waals surface area contributed by atoms with Gasteiger partial charge in [0.2, 0.25) is 0 Å². The molecule has 12 heteroatoms. The van der Waals surface area contributed by atoms with Gasteiger partial charge in [0, 0.05) is 36.6 Å². The van der Waals surface area contributed by atoms with Crippen LogP contribution in [0.2, 0.25) is 5.02 Å². The molecule has 0 aliphatic rings. The van der Waals surface area contributed by atoms with Crippen LogP contribution in [0.25, 0.3) is 10.9 Å². The topological polar surface area (TPSA) is 73.2 Å². The van der Waals surface area contributed by atoms with Crippen molar-refractivity contribution >= 4 is 44.9 Å². The molecule has 0 atom stereocenters. The Kier molecular flexibility index (Phi) is 7.47. The van der Waals surface area contributed by atoms with Crippen molar-refractivity contribution in [1.82, 2.24) is 14.3 Å². The second-order valence-electron chi connectivity index (χ2n) is 7.10. The molecule has 0 saturated heterocycles. The van der Waals surface area contributed by atoms with Crippen LogP contribution in [-0.2, 0) is 22.7 Å². The van der Waals surface area contributed by atoms with E-state index in [-0.39, 0.29) is 33.8 Å². The third-order valence-electron chi connectivity index (χ3n) is 4.87. The van der Waals surface area contributed by atoms with Crippen LogP contribution in [0.5, 0.6) is 11.5 Å². The molecule has 2 aromatic heterocycles. The molecular formula is C22H18Cl2F3N3O3S. The Morgan fingerprint density at radius 1 is 1.15 bits per heavy atom. The second kappa shape index (κ2) is 9.83. The van der Waals surface area contributed by atoms with Gasteiger partial charge in [-0.1, -0.05) is 11.6 Å². The monoisotopic (exact) mass is 531 g/mol. The largest absolute Gasteiger partial charge is 0.456 e. The highest BCUT2D eigenvalue weighted by Gasteiger charge is 2.31. The van der Waals surface area contributed by atoms with Crippen LogP contribution in [0.1, 0.15) is 11.1 Å². The first kappa shape index (κ1) is 25.8. The number of benzene rings is 2. The van der Waals surface area contributed by atoms with Crippen LogP contribution < -0.4 is 10.1 Å². The molecule has 0 bridgehead atoms. The van der Waals surface area contributed by atoms with Gasteiger partial charge in [-0.25, -0.2) is 12.4 Å². The van der Waals surface area contributed by atoms with Gasteiger partial charge in [0.15, 0.2) is 0 Å². The highest BCUT2D eigenvalue weighted by molar-refractivity contribution is 7.90. The van der Waals surface area contributed by atoms with Crippen molar-refractivity contribution in [3.05, 3.63) is 83.3 Å². The third kappa shape index (κ3) is 5.00. The molecule has 2 heterocycles. The van der Waals surface area contributed by atoms with Crippen LogP contribution in [-0.4, -0.2) is 24.4 Å². The molecule has 4 aromatic rings. The molecule has 0 aliphatic heterocycles. The molecule has 0 radical (unpaired) electrons. The van der Waals surface area contributed by atoms with Crippen molar-refractivity contribution in [3.8, 4) is 11.5 Å². The fourth-order valence-electron chi connectivity index (χ4n) is 3.34. The van der Waals surface area contributed by atoms with Crippen LogP contribution in [0.4, 0.5) is 13.2 Å². The van der Waals surface area contributed by atoms with Gasteiger partial charge in [0.1, 0.15) is 16.4 Å². The van der Waals surface area contributed by atoms with E-state index in [0.717, 1.165) is 27.7 Å². The van der Waals surface area contributed by atoms with Crippen molar-refractivity contribution in [2.45, 2.75) is 17.6 Å². The van der Waals surface area contributed by atoms with E-state index < -0.39 is 21.8 Å². The molecular weight excluding hydrogens is 514 g/mol. The molecule has 34 heavy (non-hydrogen) atoms. The summed E-state index contributed by atoms with van der Waals surface area (Å²) >= 11 is 5.99. The molecule has 0 fully saturated rings.